The molecule has 1 fully saturated rings. The Morgan fingerprint density at radius 3 is 2.64 bits per heavy atom. The summed E-state index contributed by atoms with van der Waals surface area (Å²) >= 11 is 5.24. The van der Waals surface area contributed by atoms with Gasteiger partial charge in [0.2, 0.25) is 5.91 Å². The molecule has 2 aliphatic heterocycles. The molecule has 0 unspecified atom stereocenters. The molecule has 0 bridgehead atoms. The molecular formula is C18H17F4N3O2S. The van der Waals surface area contributed by atoms with Crippen LogP contribution in [0.2, 0.25) is 0 Å². The van der Waals surface area contributed by atoms with E-state index < -0.39 is 34.8 Å². The van der Waals surface area contributed by atoms with Gasteiger partial charge in [-0.15, -0.1) is 0 Å². The van der Waals surface area contributed by atoms with Crippen molar-refractivity contribution < 1.29 is 27.1 Å². The largest absolute Gasteiger partial charge is 0.379 e. The number of amides is 1. The van der Waals surface area contributed by atoms with Crippen LogP contribution in [0.4, 0.5) is 17.6 Å². The van der Waals surface area contributed by atoms with E-state index in [1.807, 2.05) is 0 Å². The first-order valence-corrected chi connectivity index (χ1v) is 9.26. The minimum Gasteiger partial charge on any atom is -0.379 e. The molecule has 2 N–H and O–H groups in total. The minimum absolute atomic E-state index is 0.0116. The van der Waals surface area contributed by atoms with Crippen molar-refractivity contribution >= 4 is 18.1 Å². The number of halogens is 4. The molecule has 3 heterocycles. The second kappa shape index (κ2) is 7.32. The first kappa shape index (κ1) is 19.1. The molecule has 2 atom stereocenters. The second-order valence-electron chi connectivity index (χ2n) is 7.05. The lowest BCUT2D eigenvalue weighted by molar-refractivity contribution is -0.121. The van der Waals surface area contributed by atoms with Crippen LogP contribution in [-0.2, 0) is 28.9 Å². The molecule has 0 spiro atoms. The zero-order chi connectivity index (χ0) is 20.0. The number of hydrogen-bond donors (Lipinski definition) is 2. The number of nitrogens with zero attached hydrogens (tertiary/aromatic N) is 1. The van der Waals surface area contributed by atoms with Crippen LogP contribution in [0.3, 0.4) is 0 Å². The Morgan fingerprint density at radius 1 is 1.29 bits per heavy atom. The van der Waals surface area contributed by atoms with Crippen LogP contribution in [0.1, 0.15) is 29.3 Å². The van der Waals surface area contributed by atoms with Gasteiger partial charge in [0, 0.05) is 42.1 Å². The van der Waals surface area contributed by atoms with Gasteiger partial charge in [0.15, 0.2) is 28.0 Å². The number of benzene rings is 1. The number of aromatic amines is 1. The van der Waals surface area contributed by atoms with Crippen LogP contribution in [0.5, 0.6) is 0 Å². The fraction of sp³-hybridized carbons (Fsp3) is 0.444. The van der Waals surface area contributed by atoms with Crippen molar-refractivity contribution in [2.75, 3.05) is 13.2 Å². The van der Waals surface area contributed by atoms with E-state index in [0.29, 0.717) is 29.4 Å². The standard InChI is InChI=1S/C18H17F4N3O2S/c19-10-4-11(20)17(22)15(16(10)21)8-3-13-12(24-18(28)25(13)6-8)5-14(26)23-9-1-2-27-7-9/h4,8-9H,1-3,5-7H2,(H,23,26)(H,24,28)/t8-,9+/m0/s1. The third kappa shape index (κ3) is 3.35. The van der Waals surface area contributed by atoms with E-state index in [4.69, 9.17) is 17.0 Å². The van der Waals surface area contributed by atoms with Crippen LogP contribution >= 0.6 is 12.2 Å². The number of carbonyl (C=O) groups excluding carboxylic acids is 1. The van der Waals surface area contributed by atoms with Crippen molar-refractivity contribution in [3.8, 4) is 0 Å². The molecule has 28 heavy (non-hydrogen) atoms. The molecule has 1 amide bonds. The predicted octanol–water partition coefficient (Wildman–Crippen LogP) is 2.89. The van der Waals surface area contributed by atoms with E-state index >= 15 is 0 Å². The van der Waals surface area contributed by atoms with Crippen LogP contribution in [0, 0.1) is 28.0 Å². The van der Waals surface area contributed by atoms with E-state index in [2.05, 4.69) is 10.3 Å². The monoisotopic (exact) mass is 415 g/mol. The van der Waals surface area contributed by atoms with E-state index in [-0.39, 0.29) is 37.4 Å². The van der Waals surface area contributed by atoms with Crippen molar-refractivity contribution in [2.45, 2.75) is 37.8 Å². The van der Waals surface area contributed by atoms with E-state index in [1.165, 1.54) is 0 Å². The molecule has 2 aromatic rings. The Labute approximate surface area is 162 Å². The molecule has 0 radical (unpaired) electrons. The summed E-state index contributed by atoms with van der Waals surface area (Å²) < 4.78 is 62.6. The third-order valence-electron chi connectivity index (χ3n) is 5.21. The maximum Gasteiger partial charge on any atom is 0.226 e. The molecule has 4 rings (SSSR count). The first-order chi connectivity index (χ1) is 13.3. The van der Waals surface area contributed by atoms with Gasteiger partial charge < -0.3 is 19.6 Å². The van der Waals surface area contributed by atoms with Gasteiger partial charge in [-0.1, -0.05) is 0 Å². The molecule has 2 aliphatic rings. The summed E-state index contributed by atoms with van der Waals surface area (Å²) in [4.78, 5) is 15.2. The summed E-state index contributed by atoms with van der Waals surface area (Å²) in [5.41, 5.74) is 0.506. The highest BCUT2D eigenvalue weighted by atomic mass is 32.1. The molecule has 0 saturated carbocycles. The Bertz CT molecular complexity index is 971. The van der Waals surface area contributed by atoms with Crippen molar-refractivity contribution in [1.29, 1.82) is 0 Å². The van der Waals surface area contributed by atoms with Gasteiger partial charge in [-0.3, -0.25) is 4.79 Å². The van der Waals surface area contributed by atoms with Crippen LogP contribution < -0.4 is 5.32 Å². The Morgan fingerprint density at radius 2 is 2.00 bits per heavy atom. The minimum atomic E-state index is -1.44. The quantitative estimate of drug-likeness (QED) is 0.459. The van der Waals surface area contributed by atoms with E-state index in [1.54, 1.807) is 4.57 Å². The van der Waals surface area contributed by atoms with Gasteiger partial charge in [-0.05, 0) is 25.1 Å². The number of imidazole rings is 1. The van der Waals surface area contributed by atoms with Crippen LogP contribution in [-0.4, -0.2) is 34.7 Å². The molecule has 0 aliphatic carbocycles. The van der Waals surface area contributed by atoms with Gasteiger partial charge in [-0.25, -0.2) is 17.6 Å². The maximum absolute atomic E-state index is 14.2. The summed E-state index contributed by atoms with van der Waals surface area (Å²) in [6, 6.07) is 0.149. The highest BCUT2D eigenvalue weighted by Gasteiger charge is 2.33. The molecular weight excluding hydrogens is 398 g/mol. The number of aromatic nitrogens is 2. The number of nitrogens with one attached hydrogen (secondary N) is 2. The lowest BCUT2D eigenvalue weighted by Crippen LogP contribution is -2.36. The van der Waals surface area contributed by atoms with Gasteiger partial charge in [0.1, 0.15) is 0 Å². The van der Waals surface area contributed by atoms with Gasteiger partial charge in [0.25, 0.3) is 0 Å². The highest BCUT2D eigenvalue weighted by molar-refractivity contribution is 7.71. The summed E-state index contributed by atoms with van der Waals surface area (Å²) in [5.74, 6) is -6.72. The number of carbonyl (C=O) groups is 1. The molecule has 1 saturated heterocycles. The third-order valence-corrected chi connectivity index (χ3v) is 5.53. The van der Waals surface area contributed by atoms with Crippen LogP contribution in [0.25, 0.3) is 0 Å². The molecule has 150 valence electrons. The fourth-order valence-corrected chi connectivity index (χ4v) is 4.18. The Hall–Kier alpha value is -2.20. The summed E-state index contributed by atoms with van der Waals surface area (Å²) in [5, 5.41) is 2.86. The van der Waals surface area contributed by atoms with E-state index in [9.17, 15) is 22.4 Å². The number of ether oxygens (including phenoxy) is 1. The van der Waals surface area contributed by atoms with Gasteiger partial charge in [-0.2, -0.15) is 0 Å². The lowest BCUT2D eigenvalue weighted by atomic mass is 9.94. The average molecular weight is 415 g/mol. The molecule has 1 aromatic carbocycles. The number of fused-ring (bicyclic) bond motifs is 1. The molecule has 10 heteroatoms. The molecule has 1 aromatic heterocycles. The number of H-pyrrole nitrogens is 1. The lowest BCUT2D eigenvalue weighted by Gasteiger charge is -2.13. The topological polar surface area (TPSA) is 59.0 Å². The zero-order valence-corrected chi connectivity index (χ0v) is 15.5. The maximum atomic E-state index is 14.2. The van der Waals surface area contributed by atoms with Crippen molar-refractivity contribution in [3.05, 3.63) is 51.1 Å². The van der Waals surface area contributed by atoms with Crippen molar-refractivity contribution in [2.24, 2.45) is 0 Å². The van der Waals surface area contributed by atoms with E-state index in [0.717, 1.165) is 6.42 Å². The van der Waals surface area contributed by atoms with Gasteiger partial charge >= 0.3 is 0 Å². The summed E-state index contributed by atoms with van der Waals surface area (Å²) in [6.07, 6.45) is 0.859. The average Bonchev–Trinajstić information content (AvgIpc) is 3.34. The normalized spacial score (nSPS) is 21.1. The highest BCUT2D eigenvalue weighted by Crippen LogP contribution is 2.36. The smallest absolute Gasteiger partial charge is 0.226 e. The van der Waals surface area contributed by atoms with Crippen molar-refractivity contribution in [1.82, 2.24) is 14.9 Å². The number of rotatable bonds is 4. The Balaban J connectivity index is 1.57. The summed E-state index contributed by atoms with van der Waals surface area (Å²) in [6.45, 7) is 1.12. The molecule has 5 nitrogen and oxygen atoms in total. The van der Waals surface area contributed by atoms with Gasteiger partial charge in [0.05, 0.1) is 19.1 Å². The first-order valence-electron chi connectivity index (χ1n) is 8.85. The van der Waals surface area contributed by atoms with Crippen LogP contribution in [0.15, 0.2) is 6.07 Å². The predicted molar refractivity (Wildman–Crippen MR) is 93.4 cm³/mol. The Kier molecular flexibility index (Phi) is 5.00. The van der Waals surface area contributed by atoms with Crippen molar-refractivity contribution in [3.63, 3.8) is 0 Å². The number of hydrogen-bond acceptors (Lipinski definition) is 3. The second-order valence-corrected chi connectivity index (χ2v) is 7.44. The fourth-order valence-electron chi connectivity index (χ4n) is 3.88. The SMILES string of the molecule is O=C(Cc1[nH]c(=S)n2c1C[C@H](c1c(F)c(F)cc(F)c1F)C2)N[C@@H]1CCOC1. The summed E-state index contributed by atoms with van der Waals surface area (Å²) in [7, 11) is 0. The zero-order valence-electron chi connectivity index (χ0n) is 14.7.